The quantitative estimate of drug-likeness (QED) is 0.852. The summed E-state index contributed by atoms with van der Waals surface area (Å²) >= 11 is 0. The molecule has 0 saturated carbocycles. The van der Waals surface area contributed by atoms with Crippen molar-refractivity contribution < 1.29 is 14.6 Å². The summed E-state index contributed by atoms with van der Waals surface area (Å²) in [5.74, 6) is 0.694. The zero-order chi connectivity index (χ0) is 16.2. The second kappa shape index (κ2) is 7.00. The summed E-state index contributed by atoms with van der Waals surface area (Å²) in [6.07, 6.45) is 4.41. The maximum atomic E-state index is 10.8. The van der Waals surface area contributed by atoms with Gasteiger partial charge in [-0.15, -0.1) is 0 Å². The van der Waals surface area contributed by atoms with E-state index in [4.69, 9.17) is 9.47 Å². The lowest BCUT2D eigenvalue weighted by atomic mass is 9.70. The van der Waals surface area contributed by atoms with Crippen LogP contribution in [0.4, 0.5) is 0 Å². The van der Waals surface area contributed by atoms with Gasteiger partial charge in [-0.3, -0.25) is 4.90 Å². The molecule has 0 aliphatic carbocycles. The van der Waals surface area contributed by atoms with Crippen LogP contribution in [0.3, 0.4) is 0 Å². The van der Waals surface area contributed by atoms with Gasteiger partial charge >= 0.3 is 0 Å². The Morgan fingerprint density at radius 3 is 2.45 bits per heavy atom. The molecule has 2 heterocycles. The van der Waals surface area contributed by atoms with Crippen molar-refractivity contribution in [1.29, 1.82) is 0 Å². The zero-order valence-corrected chi connectivity index (χ0v) is 14.0. The number of rotatable bonds is 6. The third kappa shape index (κ3) is 3.81. The predicted octanol–water partition coefficient (Wildman–Crippen LogP) is 1.23. The molecule has 1 N–H and O–H groups in total. The van der Waals surface area contributed by atoms with Crippen molar-refractivity contribution in [3.8, 4) is 0 Å². The number of hydrogen-bond donors (Lipinski definition) is 1. The fraction of sp³-hybridized carbons (Fsp3) is 0.750. The first-order valence-corrected chi connectivity index (χ1v) is 7.62. The maximum absolute atomic E-state index is 10.8. The van der Waals surface area contributed by atoms with Crippen LogP contribution in [0.5, 0.6) is 0 Å². The highest BCUT2D eigenvalue weighted by Gasteiger charge is 2.47. The van der Waals surface area contributed by atoms with Gasteiger partial charge in [0.25, 0.3) is 0 Å². The van der Waals surface area contributed by atoms with Gasteiger partial charge in [0.05, 0.1) is 12.2 Å². The Hall–Kier alpha value is -1.08. The highest BCUT2D eigenvalue weighted by Crippen LogP contribution is 2.39. The van der Waals surface area contributed by atoms with Crippen LogP contribution < -0.4 is 0 Å². The normalized spacial score (nSPS) is 25.3. The van der Waals surface area contributed by atoms with Gasteiger partial charge in [-0.25, -0.2) is 9.97 Å². The first kappa shape index (κ1) is 17.3. The van der Waals surface area contributed by atoms with E-state index in [1.165, 1.54) is 0 Å². The number of ether oxygens (including phenoxy) is 2. The van der Waals surface area contributed by atoms with Crippen LogP contribution >= 0.6 is 0 Å². The first-order chi connectivity index (χ1) is 10.4. The van der Waals surface area contributed by atoms with Gasteiger partial charge in [-0.1, -0.05) is 13.8 Å². The summed E-state index contributed by atoms with van der Waals surface area (Å²) in [7, 11) is 3.27. The Morgan fingerprint density at radius 2 is 1.91 bits per heavy atom. The molecule has 0 spiro atoms. The van der Waals surface area contributed by atoms with Crippen LogP contribution in [0.2, 0.25) is 0 Å². The smallest absolute Gasteiger partial charge is 0.153 e. The van der Waals surface area contributed by atoms with E-state index in [9.17, 15) is 5.11 Å². The lowest BCUT2D eigenvalue weighted by molar-refractivity contribution is -0.151. The molecule has 0 amide bonds. The van der Waals surface area contributed by atoms with E-state index in [0.717, 1.165) is 25.2 Å². The first-order valence-electron chi connectivity index (χ1n) is 7.62. The molecule has 6 nitrogen and oxygen atoms in total. The third-order valence-electron chi connectivity index (χ3n) is 4.54. The molecule has 22 heavy (non-hydrogen) atoms. The van der Waals surface area contributed by atoms with Gasteiger partial charge < -0.3 is 14.6 Å². The summed E-state index contributed by atoms with van der Waals surface area (Å²) in [6.45, 7) is 7.44. The van der Waals surface area contributed by atoms with Crippen LogP contribution in [0, 0.1) is 5.41 Å². The molecular weight excluding hydrogens is 282 g/mol. The minimum absolute atomic E-state index is 0.224. The average molecular weight is 309 g/mol. The Labute approximate surface area is 132 Å². The van der Waals surface area contributed by atoms with E-state index in [-0.39, 0.29) is 5.41 Å². The number of methoxy groups -OCH3 is 2. The van der Waals surface area contributed by atoms with Crippen molar-refractivity contribution in [2.75, 3.05) is 33.9 Å². The standard InChI is InChI=1S/C16H27N3O3/c1-15(2)11-19(6-5-16(15,20)12-22-4)9-13-7-17-14(10-21-3)18-8-13/h7-8,20H,5-6,9-12H2,1-4H3/t16-/m1/s1. The minimum atomic E-state index is -0.767. The van der Waals surface area contributed by atoms with Crippen molar-refractivity contribution in [3.63, 3.8) is 0 Å². The van der Waals surface area contributed by atoms with Crippen molar-refractivity contribution in [2.45, 2.75) is 39.0 Å². The molecule has 2 rings (SSSR count). The van der Waals surface area contributed by atoms with E-state index in [2.05, 4.69) is 28.7 Å². The summed E-state index contributed by atoms with van der Waals surface area (Å²) in [5, 5.41) is 10.8. The van der Waals surface area contributed by atoms with E-state index < -0.39 is 5.60 Å². The van der Waals surface area contributed by atoms with E-state index in [1.807, 2.05) is 12.4 Å². The van der Waals surface area contributed by atoms with E-state index in [1.54, 1.807) is 14.2 Å². The molecule has 1 aromatic heterocycles. The Kier molecular flexibility index (Phi) is 5.50. The van der Waals surface area contributed by atoms with E-state index in [0.29, 0.717) is 25.5 Å². The summed E-state index contributed by atoms with van der Waals surface area (Å²) < 4.78 is 10.2. The van der Waals surface area contributed by atoms with Crippen LogP contribution in [-0.4, -0.2) is 59.5 Å². The molecule has 1 atom stereocenters. The summed E-state index contributed by atoms with van der Waals surface area (Å²) in [4.78, 5) is 10.9. The second-order valence-corrected chi connectivity index (χ2v) is 6.75. The maximum Gasteiger partial charge on any atom is 0.153 e. The molecule has 1 saturated heterocycles. The molecule has 6 heteroatoms. The molecule has 1 aromatic rings. The molecule has 1 fully saturated rings. The lowest BCUT2D eigenvalue weighted by Crippen LogP contribution is -2.59. The van der Waals surface area contributed by atoms with Crippen LogP contribution in [0.15, 0.2) is 12.4 Å². The largest absolute Gasteiger partial charge is 0.387 e. The number of aromatic nitrogens is 2. The summed E-state index contributed by atoms with van der Waals surface area (Å²) in [5.41, 5.74) is 0.0858. The van der Waals surface area contributed by atoms with Gasteiger partial charge in [0.1, 0.15) is 6.61 Å². The monoisotopic (exact) mass is 309 g/mol. The fourth-order valence-electron chi connectivity index (χ4n) is 3.03. The number of aliphatic hydroxyl groups is 1. The van der Waals surface area contributed by atoms with Crippen molar-refractivity contribution in [1.82, 2.24) is 14.9 Å². The number of nitrogens with zero attached hydrogens (tertiary/aromatic N) is 3. The van der Waals surface area contributed by atoms with E-state index >= 15 is 0 Å². The van der Waals surface area contributed by atoms with Gasteiger partial charge in [-0.2, -0.15) is 0 Å². The van der Waals surface area contributed by atoms with Crippen LogP contribution in [0.1, 0.15) is 31.7 Å². The van der Waals surface area contributed by atoms with Gasteiger partial charge in [0.2, 0.25) is 0 Å². The Balaban J connectivity index is 1.98. The Bertz CT molecular complexity index is 478. The Morgan fingerprint density at radius 1 is 1.23 bits per heavy atom. The molecule has 1 aliphatic rings. The number of piperidine rings is 1. The van der Waals surface area contributed by atoms with Gasteiger partial charge in [0.15, 0.2) is 5.82 Å². The molecular formula is C16H27N3O3. The average Bonchev–Trinajstić information content (AvgIpc) is 2.46. The molecule has 1 aliphatic heterocycles. The van der Waals surface area contributed by atoms with Gasteiger partial charge in [-0.05, 0) is 6.42 Å². The van der Waals surface area contributed by atoms with Crippen molar-refractivity contribution >= 4 is 0 Å². The fourth-order valence-corrected chi connectivity index (χ4v) is 3.03. The SMILES string of the molecule is COCc1ncc(CN2CC[C@@](O)(COC)C(C)(C)C2)cn1. The zero-order valence-electron chi connectivity index (χ0n) is 14.0. The summed E-state index contributed by atoms with van der Waals surface area (Å²) in [6, 6.07) is 0. The molecule has 0 aromatic carbocycles. The van der Waals surface area contributed by atoms with Crippen LogP contribution in [-0.2, 0) is 22.6 Å². The highest BCUT2D eigenvalue weighted by atomic mass is 16.5. The van der Waals surface area contributed by atoms with Crippen LogP contribution in [0.25, 0.3) is 0 Å². The van der Waals surface area contributed by atoms with Gasteiger partial charge in [0, 0.05) is 57.2 Å². The number of hydrogen-bond acceptors (Lipinski definition) is 6. The van der Waals surface area contributed by atoms with Crippen molar-refractivity contribution in [3.05, 3.63) is 23.8 Å². The molecule has 124 valence electrons. The second-order valence-electron chi connectivity index (χ2n) is 6.75. The number of likely N-dealkylation sites (tertiary alicyclic amines) is 1. The lowest BCUT2D eigenvalue weighted by Gasteiger charge is -2.50. The highest BCUT2D eigenvalue weighted by molar-refractivity contribution is 5.07. The minimum Gasteiger partial charge on any atom is -0.387 e. The topological polar surface area (TPSA) is 67.7 Å². The van der Waals surface area contributed by atoms with Crippen molar-refractivity contribution in [2.24, 2.45) is 5.41 Å². The predicted molar refractivity (Wildman–Crippen MR) is 83.2 cm³/mol. The molecule has 0 radical (unpaired) electrons. The molecule has 0 bridgehead atoms. The third-order valence-corrected chi connectivity index (χ3v) is 4.54. The molecule has 0 unspecified atom stereocenters.